The minimum Gasteiger partial charge on any atom is -2.00 e. The second-order valence-corrected chi connectivity index (χ2v) is 0. The molecule has 29 valence electrons. The smallest absolute Gasteiger partial charge is 2.00 e. The molecule has 0 aromatic carbocycles. The monoisotopic (exact) mass is 193 g/mol. The number of hydrogen-bond donors (Lipinski definition) is 0. The van der Waals surface area contributed by atoms with E-state index in [9.17, 15) is 0 Å². The van der Waals surface area contributed by atoms with E-state index in [1.165, 1.54) is 0 Å². The van der Waals surface area contributed by atoms with Gasteiger partial charge in [-0.05, 0) is 0 Å². The Morgan fingerprint density at radius 2 is 0.750 bits per heavy atom. The molecule has 4 heavy (non-hydrogen) atoms. The van der Waals surface area contributed by atoms with Crippen molar-refractivity contribution in [3.8, 4) is 0 Å². The molecule has 0 amide bonds. The van der Waals surface area contributed by atoms with Crippen molar-refractivity contribution in [1.82, 2.24) is 0 Å². The van der Waals surface area contributed by atoms with Gasteiger partial charge in [0, 0.05) is 20.4 Å². The second-order valence-electron chi connectivity index (χ2n) is 0. The van der Waals surface area contributed by atoms with Crippen LogP contribution >= 0.6 is 0 Å². The van der Waals surface area contributed by atoms with Gasteiger partial charge in [0.25, 0.3) is 0 Å². The van der Waals surface area contributed by atoms with E-state index in [4.69, 9.17) is 0 Å². The average molecular weight is 193 g/mol. The molecule has 0 N–H and O–H groups in total. The van der Waals surface area contributed by atoms with Crippen molar-refractivity contribution in [3.05, 3.63) is 0 Å². The van der Waals surface area contributed by atoms with Gasteiger partial charge in [-0.2, -0.15) is 0 Å². The van der Waals surface area contributed by atoms with E-state index in [-0.39, 0.29) is 48.4 Å². The third kappa shape index (κ3) is 11.3. The van der Waals surface area contributed by atoms with E-state index >= 15 is 0 Å². The maximum Gasteiger partial charge on any atom is 4.00 e. The van der Waals surface area contributed by atoms with Gasteiger partial charge >= 0.3 is 17.1 Å². The third-order valence-electron chi connectivity index (χ3n) is 0. The van der Waals surface area contributed by atoms with Crippen molar-refractivity contribution in [2.24, 2.45) is 0 Å². The summed E-state index contributed by atoms with van der Waals surface area (Å²) in [6.07, 6.45) is 0. The maximum absolute atomic E-state index is 0. The molecule has 0 aliphatic rings. The van der Waals surface area contributed by atoms with Crippen LogP contribution in [0.15, 0.2) is 0 Å². The van der Waals surface area contributed by atoms with Crippen LogP contribution in [0, 0.1) is 0 Å². The fraction of sp³-hybridized carbons (Fsp3) is 0. The molecule has 0 rings (SSSR count). The van der Waals surface area contributed by atoms with Crippen molar-refractivity contribution in [3.63, 3.8) is 0 Å². The molecule has 0 aliphatic heterocycles. The Kier molecular flexibility index (Phi) is 575. The molecule has 0 aliphatic carbocycles. The molecule has 0 unspecified atom stereocenters. The van der Waals surface area contributed by atoms with Gasteiger partial charge in [0.15, 0.2) is 0 Å². The van der Waals surface area contributed by atoms with E-state index in [1.54, 1.807) is 0 Å². The zero-order chi connectivity index (χ0) is 0. The van der Waals surface area contributed by atoms with Crippen LogP contribution in [-0.4, -0.2) is 0 Å². The predicted molar refractivity (Wildman–Crippen MR) is 1.37 cm³/mol. The molecule has 1 radical (unpaired) electrons. The van der Waals surface area contributed by atoms with Crippen LogP contribution in [0.4, 0.5) is 0 Å². The number of rotatable bonds is 0. The van der Waals surface area contributed by atoms with Crippen LogP contribution in [0.25, 0.3) is 0 Å². The summed E-state index contributed by atoms with van der Waals surface area (Å²) >= 11 is 0. The Morgan fingerprint density at radius 1 is 0.750 bits per heavy atom. The zero-order valence-electron chi connectivity index (χ0n) is 1.51. The molecule has 0 bridgehead atoms. The van der Waals surface area contributed by atoms with Crippen molar-refractivity contribution in [2.75, 3.05) is 0 Å². The topological polar surface area (TPSA) is 57.0 Å². The van der Waals surface area contributed by atoms with Gasteiger partial charge in [0.1, 0.15) is 0 Å². The first-order valence-electron chi connectivity index (χ1n) is 0. The zero-order valence-corrected chi connectivity index (χ0v) is 4.25. The fourth-order valence-electron chi connectivity index (χ4n) is 0. The third-order valence-corrected chi connectivity index (χ3v) is 0. The number of hydrogen-bond acceptors (Lipinski definition) is 0. The van der Waals surface area contributed by atoms with E-state index in [0.717, 1.165) is 0 Å². The van der Waals surface area contributed by atoms with Crippen LogP contribution < -0.4 is 0 Å². The Balaban J connectivity index is 0. The molecule has 4 heteroatoms. The van der Waals surface area contributed by atoms with Gasteiger partial charge in [0.2, 0.25) is 0 Å². The molecule has 0 saturated carbocycles. The second kappa shape index (κ2) is 32.5. The molecule has 0 aromatic heterocycles. The van der Waals surface area contributed by atoms with E-state index in [2.05, 4.69) is 0 Å². The van der Waals surface area contributed by atoms with Crippen LogP contribution in [0.5, 0.6) is 0 Å². The first-order valence-corrected chi connectivity index (χ1v) is 0. The molecular weight excluding hydrogens is 193 g/mol. The summed E-state index contributed by atoms with van der Waals surface area (Å²) in [5, 5.41) is 0. The van der Waals surface area contributed by atoms with Gasteiger partial charge in [0.05, 0.1) is 0 Å². The summed E-state index contributed by atoms with van der Waals surface area (Å²) in [6.45, 7) is 0. The first kappa shape index (κ1) is 70.7. The van der Waals surface area contributed by atoms with E-state index in [0.29, 0.717) is 0 Å². The quantitative estimate of drug-likeness (QED) is 0.477. The Morgan fingerprint density at radius 3 is 0.750 bits per heavy atom. The molecule has 2 nitrogen and oxygen atoms in total. The van der Waals surface area contributed by atoms with Gasteiger partial charge < -0.3 is 11.0 Å². The first-order chi connectivity index (χ1) is 0. The molecule has 0 heterocycles. The van der Waals surface area contributed by atoms with E-state index < -0.39 is 0 Å². The SMILES string of the molecule is [Mn+4].[O-2].[O-2].[Pd]. The summed E-state index contributed by atoms with van der Waals surface area (Å²) in [7, 11) is 0. The van der Waals surface area contributed by atoms with Crippen molar-refractivity contribution >= 4 is 0 Å². The minimum absolute atomic E-state index is 0. The molecule has 0 spiro atoms. The summed E-state index contributed by atoms with van der Waals surface area (Å²) in [6, 6.07) is 0. The van der Waals surface area contributed by atoms with Crippen LogP contribution in [0.2, 0.25) is 0 Å². The van der Waals surface area contributed by atoms with Gasteiger partial charge in [-0.25, -0.2) is 0 Å². The Bertz CT molecular complexity index is 6.00. The molecule has 0 fully saturated rings. The average Bonchev–Trinajstić information content (AvgIpc) is 0. The van der Waals surface area contributed by atoms with Crippen LogP contribution in [-0.2, 0) is 48.4 Å². The molecule has 0 saturated heterocycles. The largest absolute Gasteiger partial charge is 4.00 e. The van der Waals surface area contributed by atoms with Crippen molar-refractivity contribution in [1.29, 1.82) is 0 Å². The van der Waals surface area contributed by atoms with Crippen molar-refractivity contribution < 1.29 is 48.4 Å². The van der Waals surface area contributed by atoms with Gasteiger partial charge in [-0.1, -0.05) is 0 Å². The maximum atomic E-state index is 0. The Labute approximate surface area is 48.7 Å². The summed E-state index contributed by atoms with van der Waals surface area (Å²) in [5.41, 5.74) is 0. The van der Waals surface area contributed by atoms with Crippen molar-refractivity contribution in [2.45, 2.75) is 0 Å². The molecule has 0 atom stereocenters. The van der Waals surface area contributed by atoms with Crippen LogP contribution in [0.1, 0.15) is 0 Å². The summed E-state index contributed by atoms with van der Waals surface area (Å²) in [4.78, 5) is 0. The Hall–Kier alpha value is 1.10. The van der Waals surface area contributed by atoms with E-state index in [1.807, 2.05) is 0 Å². The fourth-order valence-corrected chi connectivity index (χ4v) is 0. The summed E-state index contributed by atoms with van der Waals surface area (Å²) < 4.78 is 0. The van der Waals surface area contributed by atoms with Crippen LogP contribution in [0.3, 0.4) is 0 Å². The minimum atomic E-state index is 0. The standard InChI is InChI=1S/Mn.2O.Pd/q+4;2*-2;. The summed E-state index contributed by atoms with van der Waals surface area (Å²) in [5.74, 6) is 0. The normalized spacial score (nSPS) is 0. The van der Waals surface area contributed by atoms with Gasteiger partial charge in [-0.15, -0.1) is 0 Å². The predicted octanol–water partition coefficient (Wildman–Crippen LogP) is -0.243. The molecular formula is MnO2Pd. The van der Waals surface area contributed by atoms with Gasteiger partial charge in [-0.3, -0.25) is 0 Å². The molecule has 0 aromatic rings.